The standard InChI is InChI=1S/C17H10N2O2S/c18-10-13-8-12(15-9-16(17(20)21)22-19-15)6-7-14(13)11-4-2-1-3-5-11/h1-9H,(H,20,21). The molecule has 1 heterocycles. The van der Waals surface area contributed by atoms with Gasteiger partial charge in [-0.2, -0.15) is 9.64 Å². The lowest BCUT2D eigenvalue weighted by Gasteiger charge is -2.06. The minimum atomic E-state index is -0.995. The van der Waals surface area contributed by atoms with Crippen molar-refractivity contribution in [2.75, 3.05) is 0 Å². The number of carboxylic acid groups (broad SMARTS) is 1. The number of aromatic carboxylic acids is 1. The highest BCUT2D eigenvalue weighted by atomic mass is 32.1. The van der Waals surface area contributed by atoms with E-state index in [1.165, 1.54) is 6.07 Å². The van der Waals surface area contributed by atoms with E-state index < -0.39 is 5.97 Å². The zero-order chi connectivity index (χ0) is 15.5. The Balaban J connectivity index is 2.05. The van der Waals surface area contributed by atoms with Gasteiger partial charge in [0.05, 0.1) is 17.3 Å². The highest BCUT2D eigenvalue weighted by molar-refractivity contribution is 7.08. The number of carboxylic acids is 1. The molecule has 0 bridgehead atoms. The smallest absolute Gasteiger partial charge is 0.347 e. The van der Waals surface area contributed by atoms with Crippen molar-refractivity contribution in [2.45, 2.75) is 0 Å². The topological polar surface area (TPSA) is 74.0 Å². The summed E-state index contributed by atoms with van der Waals surface area (Å²) in [5.41, 5.74) is 3.66. The Hall–Kier alpha value is -2.97. The molecular weight excluding hydrogens is 296 g/mol. The van der Waals surface area contributed by atoms with E-state index in [9.17, 15) is 10.1 Å². The molecule has 5 heteroatoms. The first kappa shape index (κ1) is 14.0. The summed E-state index contributed by atoms with van der Waals surface area (Å²) >= 11 is 0.934. The fourth-order valence-corrected chi connectivity index (χ4v) is 2.77. The minimum Gasteiger partial charge on any atom is -0.477 e. The van der Waals surface area contributed by atoms with Crippen molar-refractivity contribution in [2.24, 2.45) is 0 Å². The maximum atomic E-state index is 10.9. The molecule has 0 radical (unpaired) electrons. The first-order chi connectivity index (χ1) is 10.7. The largest absolute Gasteiger partial charge is 0.477 e. The molecule has 1 aromatic heterocycles. The van der Waals surface area contributed by atoms with Gasteiger partial charge in [0, 0.05) is 5.56 Å². The summed E-state index contributed by atoms with van der Waals surface area (Å²) in [4.78, 5) is 11.1. The monoisotopic (exact) mass is 306 g/mol. The Kier molecular flexibility index (Phi) is 3.69. The Morgan fingerprint density at radius 3 is 2.50 bits per heavy atom. The molecule has 2 aromatic carbocycles. The molecule has 22 heavy (non-hydrogen) atoms. The molecule has 0 aliphatic heterocycles. The summed E-state index contributed by atoms with van der Waals surface area (Å²) < 4.78 is 4.14. The van der Waals surface area contributed by atoms with Crippen LogP contribution in [0.4, 0.5) is 0 Å². The van der Waals surface area contributed by atoms with E-state index in [4.69, 9.17) is 5.11 Å². The summed E-state index contributed by atoms with van der Waals surface area (Å²) in [5, 5.41) is 18.3. The lowest BCUT2D eigenvalue weighted by molar-refractivity contribution is 0.0702. The average Bonchev–Trinajstić information content (AvgIpc) is 3.05. The number of benzene rings is 2. The molecule has 0 aliphatic rings. The quantitative estimate of drug-likeness (QED) is 0.792. The fraction of sp³-hybridized carbons (Fsp3) is 0. The lowest BCUT2D eigenvalue weighted by Crippen LogP contribution is -1.90. The van der Waals surface area contributed by atoms with Crippen molar-refractivity contribution in [3.05, 3.63) is 65.0 Å². The molecule has 0 aliphatic carbocycles. The van der Waals surface area contributed by atoms with Crippen LogP contribution in [0.25, 0.3) is 22.4 Å². The van der Waals surface area contributed by atoms with Crippen molar-refractivity contribution in [3.63, 3.8) is 0 Å². The fourth-order valence-electron chi connectivity index (χ4n) is 2.18. The number of nitrogens with zero attached hydrogens (tertiary/aromatic N) is 2. The normalized spacial score (nSPS) is 10.1. The van der Waals surface area contributed by atoms with E-state index in [2.05, 4.69) is 10.4 Å². The first-order valence-electron chi connectivity index (χ1n) is 6.49. The van der Waals surface area contributed by atoms with Gasteiger partial charge in [-0.1, -0.05) is 42.5 Å². The molecule has 1 N–H and O–H groups in total. The van der Waals surface area contributed by atoms with E-state index >= 15 is 0 Å². The number of aromatic nitrogens is 1. The predicted octanol–water partition coefficient (Wildman–Crippen LogP) is 4.05. The van der Waals surface area contributed by atoms with Crippen LogP contribution in [0.15, 0.2) is 54.6 Å². The summed E-state index contributed by atoms with van der Waals surface area (Å²) in [6, 6.07) is 18.8. The van der Waals surface area contributed by atoms with Crippen molar-refractivity contribution in [1.29, 1.82) is 5.26 Å². The van der Waals surface area contributed by atoms with Crippen LogP contribution in [0.2, 0.25) is 0 Å². The van der Waals surface area contributed by atoms with Crippen LogP contribution in [-0.4, -0.2) is 15.4 Å². The van der Waals surface area contributed by atoms with Gasteiger partial charge in [-0.3, -0.25) is 0 Å². The minimum absolute atomic E-state index is 0.181. The maximum absolute atomic E-state index is 10.9. The van der Waals surface area contributed by atoms with Crippen LogP contribution in [0, 0.1) is 11.3 Å². The number of hydrogen-bond donors (Lipinski definition) is 1. The summed E-state index contributed by atoms with van der Waals surface area (Å²) in [7, 11) is 0. The second kappa shape index (κ2) is 5.80. The van der Waals surface area contributed by atoms with Gasteiger partial charge in [0.15, 0.2) is 0 Å². The Labute approximate surface area is 131 Å². The van der Waals surface area contributed by atoms with Gasteiger partial charge in [-0.25, -0.2) is 4.79 Å². The van der Waals surface area contributed by atoms with Crippen LogP contribution in [0.5, 0.6) is 0 Å². The Morgan fingerprint density at radius 2 is 1.86 bits per heavy atom. The zero-order valence-corrected chi connectivity index (χ0v) is 12.2. The van der Waals surface area contributed by atoms with Gasteiger partial charge in [-0.15, -0.1) is 0 Å². The highest BCUT2D eigenvalue weighted by Crippen LogP contribution is 2.29. The summed E-state index contributed by atoms with van der Waals surface area (Å²) in [5.74, 6) is -0.995. The Bertz CT molecular complexity index is 879. The molecule has 0 fully saturated rings. The molecule has 0 amide bonds. The van der Waals surface area contributed by atoms with Gasteiger partial charge in [0.2, 0.25) is 0 Å². The first-order valence-corrected chi connectivity index (χ1v) is 7.26. The summed E-state index contributed by atoms with van der Waals surface area (Å²) in [6.45, 7) is 0. The zero-order valence-electron chi connectivity index (χ0n) is 11.4. The molecule has 0 atom stereocenters. The van der Waals surface area contributed by atoms with Gasteiger partial charge in [0.1, 0.15) is 4.88 Å². The SMILES string of the molecule is N#Cc1cc(-c2cc(C(=O)O)sn2)ccc1-c1ccccc1. The molecular formula is C17H10N2O2S. The third kappa shape index (κ3) is 2.60. The van der Waals surface area contributed by atoms with Crippen LogP contribution < -0.4 is 0 Å². The van der Waals surface area contributed by atoms with E-state index in [0.717, 1.165) is 28.2 Å². The summed E-state index contributed by atoms with van der Waals surface area (Å²) in [6.07, 6.45) is 0. The van der Waals surface area contributed by atoms with Gasteiger partial charge >= 0.3 is 5.97 Å². The molecule has 4 nitrogen and oxygen atoms in total. The van der Waals surface area contributed by atoms with Gasteiger partial charge < -0.3 is 5.11 Å². The van der Waals surface area contributed by atoms with Crippen LogP contribution >= 0.6 is 11.5 Å². The second-order valence-electron chi connectivity index (χ2n) is 4.62. The molecule has 0 unspecified atom stereocenters. The van der Waals surface area contributed by atoms with Crippen molar-refractivity contribution in [3.8, 4) is 28.5 Å². The van der Waals surface area contributed by atoms with E-state index in [1.54, 1.807) is 6.07 Å². The Morgan fingerprint density at radius 1 is 1.09 bits per heavy atom. The third-order valence-electron chi connectivity index (χ3n) is 3.24. The highest BCUT2D eigenvalue weighted by Gasteiger charge is 2.12. The number of carbonyl (C=O) groups is 1. The van der Waals surface area contributed by atoms with E-state index in [-0.39, 0.29) is 4.88 Å². The number of hydrogen-bond acceptors (Lipinski definition) is 4. The van der Waals surface area contributed by atoms with Crippen molar-refractivity contribution >= 4 is 17.5 Å². The lowest BCUT2D eigenvalue weighted by atomic mass is 9.97. The van der Waals surface area contributed by atoms with Crippen LogP contribution in [0.3, 0.4) is 0 Å². The maximum Gasteiger partial charge on any atom is 0.347 e. The average molecular weight is 306 g/mol. The van der Waals surface area contributed by atoms with Gasteiger partial charge in [-0.05, 0) is 34.8 Å². The van der Waals surface area contributed by atoms with E-state index in [1.807, 2.05) is 42.5 Å². The molecule has 3 rings (SSSR count). The van der Waals surface area contributed by atoms with Crippen molar-refractivity contribution in [1.82, 2.24) is 4.37 Å². The molecule has 0 saturated heterocycles. The van der Waals surface area contributed by atoms with Crippen LogP contribution in [-0.2, 0) is 0 Å². The number of nitriles is 1. The van der Waals surface area contributed by atoms with Gasteiger partial charge in [0.25, 0.3) is 0 Å². The predicted molar refractivity (Wildman–Crippen MR) is 84.7 cm³/mol. The molecule has 0 spiro atoms. The molecule has 106 valence electrons. The second-order valence-corrected chi connectivity index (χ2v) is 5.42. The molecule has 3 aromatic rings. The molecule has 0 saturated carbocycles. The van der Waals surface area contributed by atoms with Crippen LogP contribution in [0.1, 0.15) is 15.2 Å². The van der Waals surface area contributed by atoms with Crippen molar-refractivity contribution < 1.29 is 9.90 Å². The number of rotatable bonds is 3. The third-order valence-corrected chi connectivity index (χ3v) is 4.02. The van der Waals surface area contributed by atoms with E-state index in [0.29, 0.717) is 11.3 Å².